The van der Waals surface area contributed by atoms with E-state index in [1.807, 2.05) is 36.5 Å². The van der Waals surface area contributed by atoms with Crippen LogP contribution >= 0.6 is 0 Å². The summed E-state index contributed by atoms with van der Waals surface area (Å²) >= 11 is 0. The topological polar surface area (TPSA) is 81.8 Å². The highest BCUT2D eigenvalue weighted by Crippen LogP contribution is 2.29. The number of aromatic nitrogens is 2. The van der Waals surface area contributed by atoms with Gasteiger partial charge in [-0.25, -0.2) is 4.79 Å². The maximum absolute atomic E-state index is 12.3. The standard InChI is InChI=1S/C19H18N4O4/c24-19-23(10-16(27-19)9-20-18-5-7-26-21-18)14-3-4-17-13(8-14)11-25-12-15-2-1-6-22(15)17/h1-8,16H,9-12H2,(H,20,21)/t16-/m0/s1. The molecule has 8 heteroatoms. The fraction of sp³-hybridized carbons (Fsp3) is 0.263. The molecule has 0 aliphatic carbocycles. The van der Waals surface area contributed by atoms with Crippen LogP contribution in [0.2, 0.25) is 0 Å². The zero-order valence-corrected chi connectivity index (χ0v) is 14.5. The number of carbonyl (C=O) groups excluding carboxylic acids is 1. The highest BCUT2D eigenvalue weighted by atomic mass is 16.6. The molecule has 0 bridgehead atoms. The van der Waals surface area contributed by atoms with Crippen LogP contribution in [0.1, 0.15) is 11.3 Å². The third kappa shape index (κ3) is 2.93. The molecule has 2 aliphatic rings. The molecule has 0 unspecified atom stereocenters. The van der Waals surface area contributed by atoms with Gasteiger partial charge in [-0.15, -0.1) is 0 Å². The van der Waals surface area contributed by atoms with E-state index >= 15 is 0 Å². The van der Waals surface area contributed by atoms with E-state index in [9.17, 15) is 4.79 Å². The monoisotopic (exact) mass is 366 g/mol. The first-order chi connectivity index (χ1) is 13.3. The summed E-state index contributed by atoms with van der Waals surface area (Å²) in [5.74, 6) is 0.620. The summed E-state index contributed by atoms with van der Waals surface area (Å²) in [6.07, 6.45) is 2.90. The molecule has 1 N–H and O–H groups in total. The van der Waals surface area contributed by atoms with Gasteiger partial charge in [0.05, 0.1) is 32.0 Å². The van der Waals surface area contributed by atoms with Gasteiger partial charge in [-0.1, -0.05) is 5.16 Å². The number of hydrogen-bond donors (Lipinski definition) is 1. The first-order valence-corrected chi connectivity index (χ1v) is 8.77. The van der Waals surface area contributed by atoms with Gasteiger partial charge < -0.3 is 23.9 Å². The molecule has 2 aromatic heterocycles. The zero-order chi connectivity index (χ0) is 18.2. The van der Waals surface area contributed by atoms with Crippen LogP contribution in [0.25, 0.3) is 5.69 Å². The summed E-state index contributed by atoms with van der Waals surface area (Å²) in [7, 11) is 0. The van der Waals surface area contributed by atoms with E-state index in [1.165, 1.54) is 6.26 Å². The fourth-order valence-electron chi connectivity index (χ4n) is 3.49. The van der Waals surface area contributed by atoms with Crippen molar-refractivity contribution in [2.24, 2.45) is 0 Å². The predicted octanol–water partition coefficient (Wildman–Crippen LogP) is 2.93. The lowest BCUT2D eigenvalue weighted by atomic mass is 10.1. The van der Waals surface area contributed by atoms with Gasteiger partial charge in [-0.05, 0) is 30.3 Å². The van der Waals surface area contributed by atoms with Crippen LogP contribution in [-0.4, -0.2) is 35.0 Å². The Hall–Kier alpha value is -3.26. The second-order valence-corrected chi connectivity index (χ2v) is 6.56. The first-order valence-electron chi connectivity index (χ1n) is 8.77. The first kappa shape index (κ1) is 16.0. The molecule has 138 valence electrons. The average molecular weight is 366 g/mol. The van der Waals surface area contributed by atoms with Gasteiger partial charge in [-0.3, -0.25) is 4.90 Å². The highest BCUT2D eigenvalue weighted by Gasteiger charge is 2.32. The molecule has 0 saturated carbocycles. The smallest absolute Gasteiger partial charge is 0.414 e. The van der Waals surface area contributed by atoms with E-state index in [2.05, 4.69) is 15.0 Å². The van der Waals surface area contributed by atoms with Crippen molar-refractivity contribution in [1.82, 2.24) is 9.72 Å². The Morgan fingerprint density at radius 2 is 2.19 bits per heavy atom. The van der Waals surface area contributed by atoms with Crippen LogP contribution in [0.5, 0.6) is 0 Å². The molecule has 1 atom stereocenters. The number of nitrogens with zero attached hydrogens (tertiary/aromatic N) is 3. The molecule has 2 aliphatic heterocycles. The quantitative estimate of drug-likeness (QED) is 0.765. The lowest BCUT2D eigenvalue weighted by Gasteiger charge is -2.16. The van der Waals surface area contributed by atoms with Crippen molar-refractivity contribution in [3.05, 3.63) is 60.1 Å². The minimum atomic E-state index is -0.349. The molecule has 0 spiro atoms. The van der Waals surface area contributed by atoms with E-state index in [0.29, 0.717) is 32.1 Å². The number of benzene rings is 1. The molecule has 1 amide bonds. The number of amides is 1. The van der Waals surface area contributed by atoms with Crippen LogP contribution in [-0.2, 0) is 22.7 Å². The van der Waals surface area contributed by atoms with Crippen LogP contribution in [0.3, 0.4) is 0 Å². The second kappa shape index (κ2) is 6.48. The molecule has 0 radical (unpaired) electrons. The zero-order valence-electron chi connectivity index (χ0n) is 14.5. The minimum Gasteiger partial charge on any atom is -0.442 e. The number of fused-ring (bicyclic) bond motifs is 3. The average Bonchev–Trinajstić information content (AvgIpc) is 3.40. The Morgan fingerprint density at radius 3 is 3.07 bits per heavy atom. The van der Waals surface area contributed by atoms with Crippen molar-refractivity contribution in [2.45, 2.75) is 19.3 Å². The molecule has 1 saturated heterocycles. The molecule has 5 rings (SSSR count). The van der Waals surface area contributed by atoms with Crippen molar-refractivity contribution in [3.8, 4) is 5.69 Å². The van der Waals surface area contributed by atoms with Crippen molar-refractivity contribution >= 4 is 17.6 Å². The largest absolute Gasteiger partial charge is 0.442 e. The van der Waals surface area contributed by atoms with E-state index in [-0.39, 0.29) is 12.2 Å². The van der Waals surface area contributed by atoms with E-state index in [1.54, 1.807) is 11.0 Å². The van der Waals surface area contributed by atoms with Crippen LogP contribution in [0.15, 0.2) is 53.4 Å². The van der Waals surface area contributed by atoms with Crippen molar-refractivity contribution in [1.29, 1.82) is 0 Å². The number of rotatable bonds is 4. The predicted molar refractivity (Wildman–Crippen MR) is 96.9 cm³/mol. The Balaban J connectivity index is 1.35. The van der Waals surface area contributed by atoms with E-state index in [4.69, 9.17) is 14.0 Å². The van der Waals surface area contributed by atoms with Crippen molar-refractivity contribution in [3.63, 3.8) is 0 Å². The summed E-state index contributed by atoms with van der Waals surface area (Å²) < 4.78 is 18.1. The second-order valence-electron chi connectivity index (χ2n) is 6.56. The third-order valence-electron chi connectivity index (χ3n) is 4.80. The Kier molecular flexibility index (Phi) is 3.83. The SMILES string of the molecule is O=C1O[C@@H](CNc2ccon2)CN1c1ccc2c(c1)COCc1cccn1-2. The molecule has 8 nitrogen and oxygen atoms in total. The molecule has 1 fully saturated rings. The van der Waals surface area contributed by atoms with Crippen LogP contribution in [0.4, 0.5) is 16.3 Å². The Morgan fingerprint density at radius 1 is 1.22 bits per heavy atom. The van der Waals surface area contributed by atoms with Gasteiger partial charge in [0.2, 0.25) is 0 Å². The molecule has 27 heavy (non-hydrogen) atoms. The minimum absolute atomic E-state index is 0.264. The van der Waals surface area contributed by atoms with Gasteiger partial charge in [-0.2, -0.15) is 0 Å². The highest BCUT2D eigenvalue weighted by molar-refractivity contribution is 5.90. The van der Waals surface area contributed by atoms with Gasteiger partial charge in [0.15, 0.2) is 5.82 Å². The number of carbonyl (C=O) groups is 1. The number of nitrogens with one attached hydrogen (secondary N) is 1. The van der Waals surface area contributed by atoms with Crippen LogP contribution < -0.4 is 10.2 Å². The van der Waals surface area contributed by atoms with Gasteiger partial charge in [0, 0.05) is 29.2 Å². The third-order valence-corrected chi connectivity index (χ3v) is 4.80. The lowest BCUT2D eigenvalue weighted by molar-refractivity contribution is 0.108. The summed E-state index contributed by atoms with van der Waals surface area (Å²) in [4.78, 5) is 14.0. The summed E-state index contributed by atoms with van der Waals surface area (Å²) in [5.41, 5.74) is 4.04. The number of ether oxygens (including phenoxy) is 2. The Labute approximate surface area is 155 Å². The van der Waals surface area contributed by atoms with Crippen LogP contribution in [0, 0.1) is 0 Å². The number of anilines is 2. The molecule has 4 heterocycles. The summed E-state index contributed by atoms with van der Waals surface area (Å²) in [6.45, 7) is 2.01. The fourth-order valence-corrected chi connectivity index (χ4v) is 3.49. The van der Waals surface area contributed by atoms with Crippen molar-refractivity contribution in [2.75, 3.05) is 23.3 Å². The van der Waals surface area contributed by atoms with Gasteiger partial charge >= 0.3 is 6.09 Å². The lowest BCUT2D eigenvalue weighted by Crippen LogP contribution is -2.27. The Bertz CT molecular complexity index is 966. The molecule has 3 aromatic rings. The van der Waals surface area contributed by atoms with E-state index < -0.39 is 0 Å². The van der Waals surface area contributed by atoms with Crippen molar-refractivity contribution < 1.29 is 18.8 Å². The molecular formula is C19H18N4O4. The van der Waals surface area contributed by atoms with Gasteiger partial charge in [0.1, 0.15) is 12.4 Å². The maximum atomic E-state index is 12.3. The van der Waals surface area contributed by atoms with Gasteiger partial charge in [0.25, 0.3) is 0 Å². The molecular weight excluding hydrogens is 348 g/mol. The number of cyclic esters (lactones) is 1. The normalized spacial score (nSPS) is 18.6. The molecule has 1 aromatic carbocycles. The van der Waals surface area contributed by atoms with E-state index in [0.717, 1.165) is 22.6 Å². The number of hydrogen-bond acceptors (Lipinski definition) is 6. The summed E-state index contributed by atoms with van der Waals surface area (Å²) in [5, 5.41) is 6.88. The summed E-state index contributed by atoms with van der Waals surface area (Å²) in [6, 6.07) is 11.7. The maximum Gasteiger partial charge on any atom is 0.414 e.